The van der Waals surface area contributed by atoms with Gasteiger partial charge in [-0.3, -0.25) is 9.69 Å². The Morgan fingerprint density at radius 1 is 1.20 bits per heavy atom. The van der Waals surface area contributed by atoms with Crippen LogP contribution in [0.15, 0.2) is 54.7 Å². The van der Waals surface area contributed by atoms with E-state index >= 15 is 4.39 Å². The number of amides is 1. The van der Waals surface area contributed by atoms with Crippen LogP contribution in [0.25, 0.3) is 5.65 Å². The molecular formula is C31H25Cl2FN4O3. The van der Waals surface area contributed by atoms with E-state index in [0.717, 1.165) is 29.8 Å². The molecule has 4 aromatic rings. The van der Waals surface area contributed by atoms with Crippen molar-refractivity contribution in [2.75, 3.05) is 19.0 Å². The number of benzene rings is 2. The number of aromatic nitrogens is 2. The summed E-state index contributed by atoms with van der Waals surface area (Å²) in [6.07, 6.45) is 4.66. The molecule has 2 aromatic carbocycles. The average Bonchev–Trinajstić information content (AvgIpc) is 3.41. The first-order chi connectivity index (χ1) is 19.8. The quantitative estimate of drug-likeness (QED) is 0.298. The Kier molecular flexibility index (Phi) is 5.40. The van der Waals surface area contributed by atoms with Crippen molar-refractivity contribution in [1.29, 1.82) is 0 Å². The number of methoxy groups -OCH3 is 1. The fourth-order valence-electron chi connectivity index (χ4n) is 7.64. The van der Waals surface area contributed by atoms with Crippen LogP contribution in [0.5, 0.6) is 0 Å². The molecule has 1 saturated carbocycles. The van der Waals surface area contributed by atoms with Crippen LogP contribution in [0.3, 0.4) is 0 Å². The van der Waals surface area contributed by atoms with Crippen LogP contribution in [-0.2, 0) is 21.5 Å². The number of anilines is 1. The molecule has 2 aliphatic heterocycles. The van der Waals surface area contributed by atoms with Crippen LogP contribution in [0, 0.1) is 11.7 Å². The van der Waals surface area contributed by atoms with Crippen LogP contribution < -0.4 is 5.32 Å². The number of carbonyl (C=O) groups is 2. The number of rotatable bonds is 4. The molecule has 1 spiro atoms. The summed E-state index contributed by atoms with van der Waals surface area (Å²) in [4.78, 5) is 34.0. The van der Waals surface area contributed by atoms with Crippen molar-refractivity contribution in [3.63, 3.8) is 0 Å². The number of fused-ring (bicyclic) bond motifs is 7. The summed E-state index contributed by atoms with van der Waals surface area (Å²) in [7, 11) is 1.34. The first-order valence-corrected chi connectivity index (χ1v) is 14.5. The van der Waals surface area contributed by atoms with E-state index in [0.29, 0.717) is 46.4 Å². The van der Waals surface area contributed by atoms with E-state index in [9.17, 15) is 9.59 Å². The summed E-state index contributed by atoms with van der Waals surface area (Å²) >= 11 is 12.7. The summed E-state index contributed by atoms with van der Waals surface area (Å²) < 4.78 is 23.0. The molecule has 4 aliphatic rings. The molecule has 2 aliphatic carbocycles. The van der Waals surface area contributed by atoms with Gasteiger partial charge in [0, 0.05) is 59.0 Å². The minimum Gasteiger partial charge on any atom is -0.465 e. The van der Waals surface area contributed by atoms with Gasteiger partial charge in [-0.2, -0.15) is 0 Å². The summed E-state index contributed by atoms with van der Waals surface area (Å²) in [5.74, 6) is -1.60. The number of likely N-dealkylation sites (tertiary alicyclic amines) is 1. The Bertz CT molecular complexity index is 1800. The Balaban J connectivity index is 1.40. The van der Waals surface area contributed by atoms with Gasteiger partial charge in [-0.05, 0) is 54.7 Å². The smallest absolute Gasteiger partial charge is 0.338 e. The second-order valence-corrected chi connectivity index (χ2v) is 12.3. The van der Waals surface area contributed by atoms with Crippen LogP contribution in [0.2, 0.25) is 10.0 Å². The first-order valence-electron chi connectivity index (χ1n) is 13.7. The summed E-state index contributed by atoms with van der Waals surface area (Å²) in [6.45, 7) is 0.717. The molecule has 4 atom stereocenters. The lowest BCUT2D eigenvalue weighted by molar-refractivity contribution is -0.128. The van der Waals surface area contributed by atoms with Gasteiger partial charge in [0.1, 0.15) is 17.0 Å². The highest BCUT2D eigenvalue weighted by atomic mass is 35.5. The third-order valence-electron chi connectivity index (χ3n) is 9.43. The number of pyridine rings is 1. The van der Waals surface area contributed by atoms with Crippen molar-refractivity contribution in [3.8, 4) is 0 Å². The average molecular weight is 591 g/mol. The fraction of sp³-hybridized carbons (Fsp3) is 0.323. The topological polar surface area (TPSA) is 75.9 Å². The van der Waals surface area contributed by atoms with Crippen molar-refractivity contribution < 1.29 is 18.7 Å². The van der Waals surface area contributed by atoms with Crippen LogP contribution >= 0.6 is 23.2 Å². The molecule has 7 nitrogen and oxygen atoms in total. The number of carbonyl (C=O) groups excluding carboxylic acids is 2. The van der Waals surface area contributed by atoms with E-state index in [1.165, 1.54) is 13.2 Å². The summed E-state index contributed by atoms with van der Waals surface area (Å²) in [5.41, 5.74) is 3.49. The molecular weight excluding hydrogens is 566 g/mol. The molecule has 1 N–H and O–H groups in total. The molecule has 0 unspecified atom stereocenters. The van der Waals surface area contributed by atoms with E-state index in [1.54, 1.807) is 36.4 Å². The Morgan fingerprint density at radius 2 is 2.02 bits per heavy atom. The third-order valence-corrected chi connectivity index (χ3v) is 9.95. The maximum Gasteiger partial charge on any atom is 0.338 e. The SMILES string of the molecule is COC(=O)c1ccn2c3c(nc2c1)[C@@H]1[C@H](C3)N(CC2CC2)[C@@]2(C(=O)Nc3cc(Cl)ccc32)[C@H]1c1cccc(Cl)c1F. The second kappa shape index (κ2) is 8.77. The summed E-state index contributed by atoms with van der Waals surface area (Å²) in [6, 6.07) is 13.8. The molecule has 41 heavy (non-hydrogen) atoms. The van der Waals surface area contributed by atoms with Gasteiger partial charge in [0.25, 0.3) is 0 Å². The van der Waals surface area contributed by atoms with Gasteiger partial charge < -0.3 is 14.5 Å². The molecule has 0 radical (unpaired) electrons. The van der Waals surface area contributed by atoms with Gasteiger partial charge in [0.05, 0.1) is 23.4 Å². The number of imidazole rings is 1. The molecule has 1 saturated heterocycles. The lowest BCUT2D eigenvalue weighted by atomic mass is 9.71. The number of hydrogen-bond acceptors (Lipinski definition) is 5. The Labute approximate surface area is 245 Å². The zero-order valence-electron chi connectivity index (χ0n) is 22.0. The zero-order chi connectivity index (χ0) is 28.2. The van der Waals surface area contributed by atoms with E-state index in [4.69, 9.17) is 32.9 Å². The second-order valence-electron chi connectivity index (χ2n) is 11.5. The molecule has 2 fully saturated rings. The number of esters is 1. The fourth-order valence-corrected chi connectivity index (χ4v) is 8.00. The maximum absolute atomic E-state index is 16.1. The monoisotopic (exact) mass is 590 g/mol. The number of nitrogens with one attached hydrogen (secondary N) is 1. The van der Waals surface area contributed by atoms with Gasteiger partial charge in [-0.15, -0.1) is 0 Å². The van der Waals surface area contributed by atoms with Gasteiger partial charge in [0.15, 0.2) is 0 Å². The van der Waals surface area contributed by atoms with Gasteiger partial charge in [0.2, 0.25) is 5.91 Å². The number of ether oxygens (including phenoxy) is 1. The minimum atomic E-state index is -1.17. The van der Waals surface area contributed by atoms with E-state index in [2.05, 4.69) is 10.2 Å². The predicted octanol–water partition coefficient (Wildman–Crippen LogP) is 5.93. The van der Waals surface area contributed by atoms with Crippen molar-refractivity contribution in [1.82, 2.24) is 14.3 Å². The largest absolute Gasteiger partial charge is 0.465 e. The molecule has 4 heterocycles. The number of halogens is 3. The van der Waals surface area contributed by atoms with Gasteiger partial charge in [-0.1, -0.05) is 41.4 Å². The molecule has 8 rings (SSSR count). The number of hydrogen-bond donors (Lipinski definition) is 1. The first kappa shape index (κ1) is 25.3. The van der Waals surface area contributed by atoms with Crippen molar-refractivity contribution >= 4 is 46.4 Å². The van der Waals surface area contributed by atoms with Crippen LogP contribution in [0.1, 0.15) is 57.6 Å². The van der Waals surface area contributed by atoms with E-state index in [1.807, 2.05) is 16.7 Å². The van der Waals surface area contributed by atoms with Crippen molar-refractivity contribution in [2.45, 2.75) is 42.7 Å². The van der Waals surface area contributed by atoms with Crippen molar-refractivity contribution in [2.24, 2.45) is 5.92 Å². The number of nitrogens with zero attached hydrogens (tertiary/aromatic N) is 3. The van der Waals surface area contributed by atoms with E-state index < -0.39 is 23.2 Å². The molecule has 1 amide bonds. The van der Waals surface area contributed by atoms with Gasteiger partial charge >= 0.3 is 5.97 Å². The van der Waals surface area contributed by atoms with Crippen LogP contribution in [0.4, 0.5) is 10.1 Å². The van der Waals surface area contributed by atoms with E-state index in [-0.39, 0.29) is 22.9 Å². The Morgan fingerprint density at radius 3 is 2.80 bits per heavy atom. The highest BCUT2D eigenvalue weighted by molar-refractivity contribution is 6.31. The predicted molar refractivity (Wildman–Crippen MR) is 152 cm³/mol. The highest BCUT2D eigenvalue weighted by Crippen LogP contribution is 2.65. The highest BCUT2D eigenvalue weighted by Gasteiger charge is 2.69. The van der Waals surface area contributed by atoms with Crippen molar-refractivity contribution in [3.05, 3.63) is 98.7 Å². The lowest BCUT2D eigenvalue weighted by Crippen LogP contribution is -2.53. The zero-order valence-corrected chi connectivity index (χ0v) is 23.5. The Hall–Kier alpha value is -3.46. The molecule has 0 bridgehead atoms. The molecule has 208 valence electrons. The summed E-state index contributed by atoms with van der Waals surface area (Å²) in [5, 5.41) is 3.63. The standard InChI is InChI=1S/C31H25Cl2FN4O3/c1-41-29(39)16-9-10-37-23-13-22-25(28(23)36-24(37)11-16)26(18-3-2-4-20(33)27(18)34)31(38(22)14-15-5-6-15)19-8-7-17(32)12-21(19)35-30(31)40/h2-4,7-12,15,22,25-26H,5-6,13-14H2,1H3,(H,35,40)/t22-,25+,26-,31+/m0/s1. The lowest BCUT2D eigenvalue weighted by Gasteiger charge is -2.40. The third kappa shape index (κ3) is 3.38. The molecule has 10 heteroatoms. The molecule has 2 aromatic heterocycles. The minimum absolute atomic E-state index is 0.0144. The normalized spacial score (nSPS) is 26.3. The van der Waals surface area contributed by atoms with Crippen LogP contribution in [-0.4, -0.2) is 45.9 Å². The van der Waals surface area contributed by atoms with Gasteiger partial charge in [-0.25, -0.2) is 14.2 Å². The maximum atomic E-state index is 16.1.